The molecule has 2 N–H and O–H groups in total. The van der Waals surface area contributed by atoms with Crippen LogP contribution in [-0.2, 0) is 11.8 Å². The highest BCUT2D eigenvalue weighted by molar-refractivity contribution is 7.99. The first-order chi connectivity index (χ1) is 14.0. The third-order valence-electron chi connectivity index (χ3n) is 5.31. The van der Waals surface area contributed by atoms with Gasteiger partial charge in [-0.1, -0.05) is 36.0 Å². The van der Waals surface area contributed by atoms with E-state index in [1.165, 1.54) is 16.8 Å². The Morgan fingerprint density at radius 2 is 1.90 bits per heavy atom. The molecule has 29 heavy (non-hydrogen) atoms. The van der Waals surface area contributed by atoms with Crippen molar-refractivity contribution >= 4 is 17.4 Å². The van der Waals surface area contributed by atoms with E-state index in [9.17, 15) is 0 Å². The van der Waals surface area contributed by atoms with E-state index in [1.807, 2.05) is 19.2 Å². The number of hydrogen-bond acceptors (Lipinski definition) is 5. The summed E-state index contributed by atoms with van der Waals surface area (Å²) in [5, 5.41) is 12.0. The van der Waals surface area contributed by atoms with Gasteiger partial charge in [-0.3, -0.25) is 0 Å². The fourth-order valence-electron chi connectivity index (χ4n) is 3.54. The summed E-state index contributed by atoms with van der Waals surface area (Å²) in [5.41, 5.74) is 4.74. The summed E-state index contributed by atoms with van der Waals surface area (Å²) in [6.45, 7) is 3.06. The zero-order chi connectivity index (χ0) is 20.4. The fraction of sp³-hybridized carbons (Fsp3) is 0.364. The number of aryl methyl sites for hydroxylation is 1. The lowest BCUT2D eigenvalue weighted by Gasteiger charge is -2.14. The minimum Gasteiger partial charge on any atom is -0.378 e. The van der Waals surface area contributed by atoms with Gasteiger partial charge in [-0.2, -0.15) is 0 Å². The molecule has 0 saturated carbocycles. The predicted octanol–water partition coefficient (Wildman–Crippen LogP) is 2.61. The third kappa shape index (κ3) is 4.32. The number of nitrogens with two attached hydrogens (primary N) is 1. The van der Waals surface area contributed by atoms with Crippen LogP contribution in [0.3, 0.4) is 0 Å². The van der Waals surface area contributed by atoms with Gasteiger partial charge in [-0.05, 0) is 36.8 Å². The van der Waals surface area contributed by atoms with Crippen molar-refractivity contribution in [3.8, 4) is 11.4 Å². The van der Waals surface area contributed by atoms with E-state index >= 15 is 0 Å². The first-order valence-electron chi connectivity index (χ1n) is 9.87. The number of quaternary nitrogens is 1. The molecule has 0 spiro atoms. The lowest BCUT2D eigenvalue weighted by molar-refractivity contribution is -0.697. The number of nitrogens with zero attached hydrogens (tertiary/aromatic N) is 4. The summed E-state index contributed by atoms with van der Waals surface area (Å²) < 4.78 is 8.35. The minimum absolute atomic E-state index is 0.0684. The van der Waals surface area contributed by atoms with Crippen molar-refractivity contribution < 1.29 is 10.1 Å². The summed E-state index contributed by atoms with van der Waals surface area (Å²) in [6.07, 6.45) is 0.260. The first kappa shape index (κ1) is 19.9. The molecule has 152 valence electrons. The molecule has 0 bridgehead atoms. The van der Waals surface area contributed by atoms with Crippen molar-refractivity contribution in [3.63, 3.8) is 0 Å². The van der Waals surface area contributed by atoms with E-state index in [0.717, 1.165) is 28.8 Å². The Labute approximate surface area is 176 Å². The second-order valence-corrected chi connectivity index (χ2v) is 8.61. The highest BCUT2D eigenvalue weighted by Crippen LogP contribution is 2.27. The summed E-state index contributed by atoms with van der Waals surface area (Å²) in [4.78, 5) is 2.11. The van der Waals surface area contributed by atoms with Crippen LogP contribution in [0.15, 0.2) is 53.7 Å². The monoisotopic (exact) mass is 410 g/mol. The van der Waals surface area contributed by atoms with Crippen LogP contribution in [-0.4, -0.2) is 47.3 Å². The van der Waals surface area contributed by atoms with E-state index in [4.69, 9.17) is 4.74 Å². The average Bonchev–Trinajstić information content (AvgIpc) is 3.34. The minimum atomic E-state index is 0.0684. The Bertz CT molecular complexity index is 970. The van der Waals surface area contributed by atoms with E-state index < -0.39 is 0 Å². The van der Waals surface area contributed by atoms with Crippen LogP contribution in [0.4, 0.5) is 5.69 Å². The van der Waals surface area contributed by atoms with Gasteiger partial charge in [-0.25, -0.2) is 0 Å². The van der Waals surface area contributed by atoms with Crippen molar-refractivity contribution in [2.24, 2.45) is 7.05 Å². The van der Waals surface area contributed by atoms with Crippen molar-refractivity contribution in [1.82, 2.24) is 14.8 Å². The van der Waals surface area contributed by atoms with Gasteiger partial charge in [0.25, 0.3) is 0 Å². The standard InChI is InChI=1S/C22H27N5OS/c1-15-7-5-6-8-19(15)20-24-25-22(27(20)4)29-14-18-13-23-21(28-18)16-9-11-17(12-10-16)26(2)3/h5-12,18,21,23H,13-14H2,1-4H3/p+1/t18-,21+/m1/s1. The molecule has 0 aliphatic carbocycles. The average molecular weight is 411 g/mol. The Kier molecular flexibility index (Phi) is 5.89. The number of benzene rings is 2. The van der Waals surface area contributed by atoms with Gasteiger partial charge in [0.15, 0.2) is 11.0 Å². The molecule has 6 nitrogen and oxygen atoms in total. The van der Waals surface area contributed by atoms with Gasteiger partial charge >= 0.3 is 0 Å². The zero-order valence-corrected chi connectivity index (χ0v) is 18.2. The summed E-state index contributed by atoms with van der Waals surface area (Å²) >= 11 is 1.71. The smallest absolute Gasteiger partial charge is 0.217 e. The van der Waals surface area contributed by atoms with Crippen LogP contribution in [0.1, 0.15) is 17.4 Å². The predicted molar refractivity (Wildman–Crippen MR) is 117 cm³/mol. The van der Waals surface area contributed by atoms with Crippen molar-refractivity contribution in [2.75, 3.05) is 31.3 Å². The molecule has 1 aliphatic rings. The van der Waals surface area contributed by atoms with Crippen LogP contribution >= 0.6 is 11.8 Å². The number of aromatic nitrogens is 3. The maximum absolute atomic E-state index is 6.27. The van der Waals surface area contributed by atoms with Crippen LogP contribution in [0.25, 0.3) is 11.4 Å². The SMILES string of the molecule is Cc1ccccc1-c1nnc(SC[C@H]2C[NH2+][C@H](c3ccc(N(C)C)cc3)O2)n1C. The normalized spacial score (nSPS) is 18.9. The number of thioether (sulfide) groups is 1. The molecule has 2 atom stereocenters. The molecule has 4 rings (SSSR count). The van der Waals surface area contributed by atoms with Crippen molar-refractivity contribution in [2.45, 2.75) is 24.4 Å². The molecule has 1 fully saturated rings. The maximum Gasteiger partial charge on any atom is 0.217 e. The fourth-order valence-corrected chi connectivity index (χ4v) is 4.47. The Balaban J connectivity index is 1.36. The van der Waals surface area contributed by atoms with E-state index in [0.29, 0.717) is 0 Å². The summed E-state index contributed by atoms with van der Waals surface area (Å²) in [5.74, 6) is 1.77. The molecule has 7 heteroatoms. The zero-order valence-electron chi connectivity index (χ0n) is 17.4. The van der Waals surface area contributed by atoms with Gasteiger partial charge in [0.1, 0.15) is 12.6 Å². The lowest BCUT2D eigenvalue weighted by atomic mass is 10.1. The van der Waals surface area contributed by atoms with Gasteiger partial charge in [0.2, 0.25) is 6.23 Å². The van der Waals surface area contributed by atoms with Crippen molar-refractivity contribution in [3.05, 3.63) is 59.7 Å². The number of ether oxygens (including phenoxy) is 1. The molecule has 0 radical (unpaired) electrons. The molecule has 1 aliphatic heterocycles. The molecule has 1 aromatic heterocycles. The maximum atomic E-state index is 6.27. The topological polar surface area (TPSA) is 59.8 Å². The number of rotatable bonds is 6. The second-order valence-electron chi connectivity index (χ2n) is 7.63. The molecule has 2 aromatic carbocycles. The van der Waals surface area contributed by atoms with Crippen molar-refractivity contribution in [1.29, 1.82) is 0 Å². The molecule has 3 aromatic rings. The molecular formula is C22H28N5OS+. The van der Waals surface area contributed by atoms with Gasteiger partial charge in [0.05, 0.1) is 0 Å². The Morgan fingerprint density at radius 1 is 1.14 bits per heavy atom. The first-order valence-corrected chi connectivity index (χ1v) is 10.9. The van der Waals surface area contributed by atoms with E-state index in [-0.39, 0.29) is 12.3 Å². The van der Waals surface area contributed by atoms with Gasteiger partial charge < -0.3 is 19.5 Å². The molecule has 2 heterocycles. The third-order valence-corrected chi connectivity index (χ3v) is 6.46. The second kappa shape index (κ2) is 8.57. The van der Waals surface area contributed by atoms with Crippen LogP contribution in [0.2, 0.25) is 0 Å². The number of anilines is 1. The highest BCUT2D eigenvalue weighted by atomic mass is 32.2. The quantitative estimate of drug-likeness (QED) is 0.633. The van der Waals surface area contributed by atoms with Crippen LogP contribution in [0.5, 0.6) is 0 Å². The Hall–Kier alpha value is -2.35. The summed E-state index contributed by atoms with van der Waals surface area (Å²) in [7, 11) is 6.13. The lowest BCUT2D eigenvalue weighted by Crippen LogP contribution is -2.82. The van der Waals surface area contributed by atoms with Gasteiger partial charge in [-0.15, -0.1) is 10.2 Å². The van der Waals surface area contributed by atoms with E-state index in [2.05, 4.69) is 82.4 Å². The molecular weight excluding hydrogens is 382 g/mol. The highest BCUT2D eigenvalue weighted by Gasteiger charge is 2.30. The molecule has 0 unspecified atom stereocenters. The van der Waals surface area contributed by atoms with E-state index in [1.54, 1.807) is 11.8 Å². The van der Waals surface area contributed by atoms with Crippen LogP contribution < -0.4 is 10.2 Å². The molecule has 0 amide bonds. The largest absolute Gasteiger partial charge is 0.378 e. The summed E-state index contributed by atoms with van der Waals surface area (Å²) in [6, 6.07) is 16.9. The van der Waals surface area contributed by atoms with Crippen LogP contribution in [0, 0.1) is 6.92 Å². The number of hydrogen-bond donors (Lipinski definition) is 1. The Morgan fingerprint density at radius 3 is 2.62 bits per heavy atom. The van der Waals surface area contributed by atoms with Gasteiger partial charge in [0, 0.05) is 43.7 Å². The molecule has 1 saturated heterocycles.